The molecule has 1 aliphatic rings. The van der Waals surface area contributed by atoms with Gasteiger partial charge in [-0.05, 0) is 37.8 Å². The van der Waals surface area contributed by atoms with Gasteiger partial charge in [0.25, 0.3) is 10.0 Å². The zero-order valence-electron chi connectivity index (χ0n) is 12.3. The van der Waals surface area contributed by atoms with E-state index in [4.69, 9.17) is 0 Å². The lowest BCUT2D eigenvalue weighted by atomic mass is 10.3. The first-order valence-electron chi connectivity index (χ1n) is 7.40. The Bertz CT molecular complexity index is 521. The number of nitrogens with one attached hydrogen (secondary N) is 1. The minimum atomic E-state index is -3.29. The highest BCUT2D eigenvalue weighted by Crippen LogP contribution is 2.25. The Balaban J connectivity index is 1.98. The Morgan fingerprint density at radius 2 is 2.10 bits per heavy atom. The van der Waals surface area contributed by atoms with Crippen LogP contribution >= 0.6 is 11.3 Å². The van der Waals surface area contributed by atoms with Crippen LogP contribution in [0.4, 0.5) is 0 Å². The standard InChI is InChI=1S/C14H24N2O2S2/c1-3-11-16(4-2)20(17,18)14-8-7-13(19-14)9-10-15-12-5-6-12/h7-8,12,15H,3-6,9-11H2,1-2H3. The summed E-state index contributed by atoms with van der Waals surface area (Å²) in [7, 11) is -3.29. The molecule has 4 nitrogen and oxygen atoms in total. The summed E-state index contributed by atoms with van der Waals surface area (Å²) < 4.78 is 27.0. The minimum Gasteiger partial charge on any atom is -0.314 e. The summed E-state index contributed by atoms with van der Waals surface area (Å²) in [6.45, 7) is 5.96. The van der Waals surface area contributed by atoms with Crippen molar-refractivity contribution in [2.45, 2.75) is 49.8 Å². The fraction of sp³-hybridized carbons (Fsp3) is 0.714. The summed E-state index contributed by atoms with van der Waals surface area (Å²) in [5.41, 5.74) is 0. The van der Waals surface area contributed by atoms with Crippen molar-refractivity contribution in [1.82, 2.24) is 9.62 Å². The molecule has 2 rings (SSSR count). The lowest BCUT2D eigenvalue weighted by molar-refractivity contribution is 0.428. The van der Waals surface area contributed by atoms with E-state index in [1.165, 1.54) is 24.2 Å². The zero-order chi connectivity index (χ0) is 14.6. The van der Waals surface area contributed by atoms with Gasteiger partial charge in [0.05, 0.1) is 0 Å². The smallest absolute Gasteiger partial charge is 0.252 e. The predicted octanol–water partition coefficient (Wildman–Crippen LogP) is 2.46. The summed E-state index contributed by atoms with van der Waals surface area (Å²) >= 11 is 1.41. The maximum atomic E-state index is 12.5. The van der Waals surface area contributed by atoms with Crippen LogP contribution in [0, 0.1) is 0 Å². The van der Waals surface area contributed by atoms with Crippen molar-refractivity contribution in [2.24, 2.45) is 0 Å². The fourth-order valence-electron chi connectivity index (χ4n) is 2.14. The molecule has 6 heteroatoms. The quantitative estimate of drug-likeness (QED) is 0.761. The van der Waals surface area contributed by atoms with Crippen LogP contribution in [-0.2, 0) is 16.4 Å². The average molecular weight is 316 g/mol. The Labute approximate surface area is 126 Å². The molecular formula is C14H24N2O2S2. The van der Waals surface area contributed by atoms with Crippen molar-refractivity contribution in [3.63, 3.8) is 0 Å². The summed E-state index contributed by atoms with van der Waals surface area (Å²) in [5, 5.41) is 3.45. The van der Waals surface area contributed by atoms with Gasteiger partial charge in [0.2, 0.25) is 0 Å². The van der Waals surface area contributed by atoms with Gasteiger partial charge in [-0.15, -0.1) is 11.3 Å². The molecule has 0 amide bonds. The molecular weight excluding hydrogens is 292 g/mol. The molecule has 1 saturated carbocycles. The van der Waals surface area contributed by atoms with Crippen molar-refractivity contribution in [3.05, 3.63) is 17.0 Å². The van der Waals surface area contributed by atoms with Crippen LogP contribution in [-0.4, -0.2) is 38.4 Å². The van der Waals surface area contributed by atoms with Crippen LogP contribution < -0.4 is 5.32 Å². The van der Waals surface area contributed by atoms with Crippen molar-refractivity contribution >= 4 is 21.4 Å². The van der Waals surface area contributed by atoms with E-state index in [0.29, 0.717) is 23.3 Å². The normalized spacial score (nSPS) is 15.9. The largest absolute Gasteiger partial charge is 0.314 e. The second-order valence-corrected chi connectivity index (χ2v) is 8.53. The van der Waals surface area contributed by atoms with Gasteiger partial charge in [0, 0.05) is 30.6 Å². The summed E-state index contributed by atoms with van der Waals surface area (Å²) in [4.78, 5) is 1.14. The first-order valence-corrected chi connectivity index (χ1v) is 9.65. The third-order valence-electron chi connectivity index (χ3n) is 3.44. The van der Waals surface area contributed by atoms with Crippen molar-refractivity contribution in [2.75, 3.05) is 19.6 Å². The average Bonchev–Trinajstić information content (AvgIpc) is 3.11. The van der Waals surface area contributed by atoms with E-state index < -0.39 is 10.0 Å². The van der Waals surface area contributed by atoms with E-state index in [2.05, 4.69) is 5.32 Å². The molecule has 20 heavy (non-hydrogen) atoms. The monoisotopic (exact) mass is 316 g/mol. The fourth-order valence-corrected chi connectivity index (χ4v) is 5.19. The molecule has 1 N–H and O–H groups in total. The van der Waals surface area contributed by atoms with Gasteiger partial charge >= 0.3 is 0 Å². The third kappa shape index (κ3) is 4.04. The lowest BCUT2D eigenvalue weighted by Crippen LogP contribution is -2.31. The minimum absolute atomic E-state index is 0.481. The number of thiophene rings is 1. The van der Waals surface area contributed by atoms with Gasteiger partial charge in [-0.25, -0.2) is 8.42 Å². The highest BCUT2D eigenvalue weighted by Gasteiger charge is 2.24. The topological polar surface area (TPSA) is 49.4 Å². The van der Waals surface area contributed by atoms with Crippen molar-refractivity contribution in [1.29, 1.82) is 0 Å². The molecule has 1 fully saturated rings. The molecule has 1 aromatic rings. The van der Waals surface area contributed by atoms with Gasteiger partial charge in [0.15, 0.2) is 0 Å². The van der Waals surface area contributed by atoms with E-state index in [0.717, 1.165) is 24.3 Å². The number of rotatable bonds is 9. The molecule has 0 radical (unpaired) electrons. The van der Waals surface area contributed by atoms with E-state index in [9.17, 15) is 8.42 Å². The highest BCUT2D eigenvalue weighted by atomic mass is 32.2. The Morgan fingerprint density at radius 3 is 2.70 bits per heavy atom. The lowest BCUT2D eigenvalue weighted by Gasteiger charge is -2.18. The SMILES string of the molecule is CCCN(CC)S(=O)(=O)c1ccc(CCNC2CC2)s1. The Hall–Kier alpha value is -0.430. The van der Waals surface area contributed by atoms with E-state index >= 15 is 0 Å². The number of sulfonamides is 1. The molecule has 0 saturated heterocycles. The summed E-state index contributed by atoms with van der Waals surface area (Å²) in [6.07, 6.45) is 4.33. The van der Waals surface area contributed by atoms with Crippen LogP contribution in [0.3, 0.4) is 0 Å². The van der Waals surface area contributed by atoms with Crippen LogP contribution in [0.2, 0.25) is 0 Å². The van der Waals surface area contributed by atoms with Gasteiger partial charge in [-0.1, -0.05) is 13.8 Å². The molecule has 1 aromatic heterocycles. The van der Waals surface area contributed by atoms with E-state index in [-0.39, 0.29) is 0 Å². The van der Waals surface area contributed by atoms with Gasteiger partial charge in [0.1, 0.15) is 4.21 Å². The van der Waals surface area contributed by atoms with Crippen molar-refractivity contribution in [3.8, 4) is 0 Å². The molecule has 0 unspecified atom stereocenters. The van der Waals surface area contributed by atoms with Gasteiger partial charge in [-0.3, -0.25) is 0 Å². The zero-order valence-corrected chi connectivity index (χ0v) is 13.9. The first kappa shape index (κ1) is 15.9. The van der Waals surface area contributed by atoms with Gasteiger partial charge < -0.3 is 5.32 Å². The maximum Gasteiger partial charge on any atom is 0.252 e. The number of hydrogen-bond donors (Lipinski definition) is 1. The molecule has 0 bridgehead atoms. The second kappa shape index (κ2) is 7.02. The Kier molecular flexibility index (Phi) is 5.60. The molecule has 0 aliphatic heterocycles. The van der Waals surface area contributed by atoms with Gasteiger partial charge in [-0.2, -0.15) is 4.31 Å². The third-order valence-corrected chi connectivity index (χ3v) is 7.03. The van der Waals surface area contributed by atoms with Crippen molar-refractivity contribution < 1.29 is 8.42 Å². The summed E-state index contributed by atoms with van der Waals surface area (Å²) in [6, 6.07) is 4.41. The number of nitrogens with zero attached hydrogens (tertiary/aromatic N) is 1. The number of hydrogen-bond acceptors (Lipinski definition) is 4. The molecule has 0 atom stereocenters. The van der Waals surface area contributed by atoms with Crippen LogP contribution in [0.15, 0.2) is 16.3 Å². The molecule has 1 aliphatic carbocycles. The van der Waals surface area contributed by atoms with Crippen LogP contribution in [0.5, 0.6) is 0 Å². The molecule has 1 heterocycles. The first-order chi connectivity index (χ1) is 9.57. The predicted molar refractivity (Wildman–Crippen MR) is 83.8 cm³/mol. The molecule has 0 aromatic carbocycles. The Morgan fingerprint density at radius 1 is 1.35 bits per heavy atom. The van der Waals surface area contributed by atoms with E-state index in [1.807, 2.05) is 19.9 Å². The van der Waals surface area contributed by atoms with E-state index in [1.54, 1.807) is 10.4 Å². The summed E-state index contributed by atoms with van der Waals surface area (Å²) in [5.74, 6) is 0. The van der Waals surface area contributed by atoms with Crippen LogP contribution in [0.25, 0.3) is 0 Å². The molecule has 114 valence electrons. The maximum absolute atomic E-state index is 12.5. The second-order valence-electron chi connectivity index (χ2n) is 5.20. The highest BCUT2D eigenvalue weighted by molar-refractivity contribution is 7.91. The molecule has 0 spiro atoms. The van der Waals surface area contributed by atoms with Crippen LogP contribution in [0.1, 0.15) is 38.0 Å².